The van der Waals surface area contributed by atoms with Gasteiger partial charge in [-0.15, -0.1) is 0 Å². The summed E-state index contributed by atoms with van der Waals surface area (Å²) >= 11 is 9.30. The molecule has 0 fully saturated rings. The van der Waals surface area contributed by atoms with Crippen molar-refractivity contribution in [3.63, 3.8) is 0 Å². The van der Waals surface area contributed by atoms with Crippen LogP contribution in [0.3, 0.4) is 0 Å². The number of aryl methyl sites for hydroxylation is 2. The van der Waals surface area contributed by atoms with E-state index in [1.54, 1.807) is 47.4 Å². The molecule has 0 aliphatic heterocycles. The Balaban J connectivity index is 2.11. The van der Waals surface area contributed by atoms with Crippen molar-refractivity contribution in [2.24, 2.45) is 4.99 Å². The van der Waals surface area contributed by atoms with Crippen LogP contribution in [0.25, 0.3) is 10.2 Å². The molecule has 0 aliphatic rings. The maximum Gasteiger partial charge on any atom is 0.279 e. The zero-order valence-corrected chi connectivity index (χ0v) is 15.8. The number of amides is 1. The number of halogens is 1. The second-order valence-electron chi connectivity index (χ2n) is 5.43. The Labute approximate surface area is 154 Å². The van der Waals surface area contributed by atoms with Crippen molar-refractivity contribution < 1.29 is 4.79 Å². The number of benzene rings is 2. The summed E-state index contributed by atoms with van der Waals surface area (Å²) in [5, 5.41) is 0.540. The summed E-state index contributed by atoms with van der Waals surface area (Å²) in [5.41, 5.74) is 2.83. The van der Waals surface area contributed by atoms with Gasteiger partial charge in [0.25, 0.3) is 5.91 Å². The van der Waals surface area contributed by atoms with Crippen molar-refractivity contribution in [1.29, 1.82) is 0 Å². The molecular formula is C18H17ClN2OS2. The molecule has 24 heavy (non-hydrogen) atoms. The van der Waals surface area contributed by atoms with E-state index in [1.807, 2.05) is 0 Å². The van der Waals surface area contributed by atoms with Gasteiger partial charge in [-0.1, -0.05) is 35.1 Å². The summed E-state index contributed by atoms with van der Waals surface area (Å²) in [5.74, 6) is 0.705. The van der Waals surface area contributed by atoms with E-state index < -0.39 is 0 Å². The van der Waals surface area contributed by atoms with Gasteiger partial charge in [0.05, 0.1) is 10.2 Å². The second-order valence-corrected chi connectivity index (χ2v) is 7.86. The first-order valence-electron chi connectivity index (χ1n) is 7.52. The Kier molecular flexibility index (Phi) is 5.43. The summed E-state index contributed by atoms with van der Waals surface area (Å²) in [6.07, 6.45) is 2.08. The third-order valence-electron chi connectivity index (χ3n) is 3.63. The Bertz CT molecular complexity index is 959. The zero-order chi connectivity index (χ0) is 17.1. The second kappa shape index (κ2) is 7.55. The maximum absolute atomic E-state index is 12.5. The summed E-state index contributed by atoms with van der Waals surface area (Å²) in [6, 6.07) is 13.2. The number of hydrogen-bond acceptors (Lipinski definition) is 3. The third-order valence-corrected chi connectivity index (χ3v) is 5.49. The Morgan fingerprint density at radius 1 is 1.29 bits per heavy atom. The van der Waals surface area contributed by atoms with E-state index in [1.165, 1.54) is 5.56 Å². The lowest BCUT2D eigenvalue weighted by molar-refractivity contribution is 0.0998. The van der Waals surface area contributed by atoms with Crippen LogP contribution in [-0.2, 0) is 6.54 Å². The molecule has 0 aliphatic carbocycles. The van der Waals surface area contributed by atoms with Gasteiger partial charge in [-0.25, -0.2) is 0 Å². The zero-order valence-electron chi connectivity index (χ0n) is 13.5. The minimum Gasteiger partial charge on any atom is -0.316 e. The van der Waals surface area contributed by atoms with Crippen LogP contribution in [0.1, 0.15) is 15.9 Å². The molecule has 0 spiro atoms. The quantitative estimate of drug-likeness (QED) is 0.657. The fourth-order valence-corrected chi connectivity index (χ4v) is 4.15. The van der Waals surface area contributed by atoms with E-state index in [9.17, 15) is 4.79 Å². The predicted octanol–water partition coefficient (Wildman–Crippen LogP) is 4.77. The molecule has 0 saturated carbocycles. The van der Waals surface area contributed by atoms with E-state index in [0.717, 1.165) is 27.3 Å². The van der Waals surface area contributed by atoms with Gasteiger partial charge in [-0.3, -0.25) is 4.79 Å². The SMILES string of the molecule is CSCCn1c(=NC(=O)c2cccc(Cl)c2)sc2cc(C)ccc21. The van der Waals surface area contributed by atoms with Gasteiger partial charge in [0.2, 0.25) is 0 Å². The van der Waals surface area contributed by atoms with Gasteiger partial charge in [0.15, 0.2) is 4.80 Å². The van der Waals surface area contributed by atoms with Gasteiger partial charge in [0.1, 0.15) is 0 Å². The van der Waals surface area contributed by atoms with E-state index in [4.69, 9.17) is 11.6 Å². The van der Waals surface area contributed by atoms with Crippen molar-refractivity contribution in [3.8, 4) is 0 Å². The average molecular weight is 377 g/mol. The van der Waals surface area contributed by atoms with Gasteiger partial charge in [0, 0.05) is 22.9 Å². The number of thiazole rings is 1. The first-order chi connectivity index (χ1) is 11.6. The molecule has 1 heterocycles. The lowest BCUT2D eigenvalue weighted by atomic mass is 10.2. The number of fused-ring (bicyclic) bond motifs is 1. The van der Waals surface area contributed by atoms with Crippen molar-refractivity contribution in [2.75, 3.05) is 12.0 Å². The molecule has 0 radical (unpaired) electrons. The predicted molar refractivity (Wildman–Crippen MR) is 104 cm³/mol. The molecule has 3 aromatic rings. The van der Waals surface area contributed by atoms with Crippen LogP contribution < -0.4 is 4.80 Å². The molecule has 6 heteroatoms. The van der Waals surface area contributed by atoms with E-state index in [2.05, 4.69) is 40.9 Å². The minimum absolute atomic E-state index is 0.265. The van der Waals surface area contributed by atoms with Crippen LogP contribution in [0.5, 0.6) is 0 Å². The van der Waals surface area contributed by atoms with Gasteiger partial charge in [-0.05, 0) is 49.1 Å². The highest BCUT2D eigenvalue weighted by atomic mass is 35.5. The van der Waals surface area contributed by atoms with Crippen molar-refractivity contribution in [3.05, 3.63) is 63.4 Å². The van der Waals surface area contributed by atoms with Crippen LogP contribution in [0, 0.1) is 6.92 Å². The smallest absolute Gasteiger partial charge is 0.279 e. The van der Waals surface area contributed by atoms with Crippen LogP contribution >= 0.6 is 34.7 Å². The summed E-state index contributed by atoms with van der Waals surface area (Å²) in [7, 11) is 0. The molecular weight excluding hydrogens is 360 g/mol. The number of rotatable bonds is 4. The molecule has 0 bridgehead atoms. The van der Waals surface area contributed by atoms with Crippen LogP contribution in [0.2, 0.25) is 5.02 Å². The molecule has 1 amide bonds. The molecule has 124 valence electrons. The fourth-order valence-electron chi connectivity index (χ4n) is 2.44. The largest absolute Gasteiger partial charge is 0.316 e. The lowest BCUT2D eigenvalue weighted by Gasteiger charge is -2.04. The highest BCUT2D eigenvalue weighted by molar-refractivity contribution is 7.98. The van der Waals surface area contributed by atoms with Crippen molar-refractivity contribution in [2.45, 2.75) is 13.5 Å². The highest BCUT2D eigenvalue weighted by Crippen LogP contribution is 2.19. The highest BCUT2D eigenvalue weighted by Gasteiger charge is 2.09. The fraction of sp³-hybridized carbons (Fsp3) is 0.222. The Hall–Kier alpha value is -1.56. The molecule has 0 unspecified atom stereocenters. The lowest BCUT2D eigenvalue weighted by Crippen LogP contribution is -2.18. The summed E-state index contributed by atoms with van der Waals surface area (Å²) in [6.45, 7) is 2.89. The molecule has 3 nitrogen and oxygen atoms in total. The van der Waals surface area contributed by atoms with E-state index in [-0.39, 0.29) is 5.91 Å². The number of aromatic nitrogens is 1. The average Bonchev–Trinajstić information content (AvgIpc) is 2.89. The Morgan fingerprint density at radius 2 is 2.12 bits per heavy atom. The number of thioether (sulfide) groups is 1. The number of nitrogens with zero attached hydrogens (tertiary/aromatic N) is 2. The monoisotopic (exact) mass is 376 g/mol. The molecule has 1 aromatic heterocycles. The summed E-state index contributed by atoms with van der Waals surface area (Å²) < 4.78 is 3.27. The van der Waals surface area contributed by atoms with Crippen LogP contribution in [0.4, 0.5) is 0 Å². The Morgan fingerprint density at radius 3 is 2.88 bits per heavy atom. The van der Waals surface area contributed by atoms with Gasteiger partial charge < -0.3 is 4.57 Å². The maximum atomic E-state index is 12.5. The normalized spacial score (nSPS) is 12.0. The standard InChI is InChI=1S/C18H17ClN2OS2/c1-12-6-7-15-16(10-12)24-18(21(15)8-9-23-2)20-17(22)13-4-3-5-14(19)11-13/h3-7,10-11H,8-9H2,1-2H3. The first kappa shape index (κ1) is 17.3. The summed E-state index contributed by atoms with van der Waals surface area (Å²) in [4.78, 5) is 17.6. The van der Waals surface area contributed by atoms with Gasteiger partial charge >= 0.3 is 0 Å². The third kappa shape index (κ3) is 3.74. The van der Waals surface area contributed by atoms with Gasteiger partial charge in [-0.2, -0.15) is 16.8 Å². The number of carbonyl (C=O) groups excluding carboxylic acids is 1. The number of hydrogen-bond donors (Lipinski definition) is 0. The molecule has 2 aromatic carbocycles. The first-order valence-corrected chi connectivity index (χ1v) is 10.1. The van der Waals surface area contributed by atoms with E-state index >= 15 is 0 Å². The molecule has 0 saturated heterocycles. The minimum atomic E-state index is -0.265. The topological polar surface area (TPSA) is 34.4 Å². The molecule has 0 N–H and O–H groups in total. The molecule has 0 atom stereocenters. The van der Waals surface area contributed by atoms with Crippen molar-refractivity contribution >= 4 is 50.8 Å². The van der Waals surface area contributed by atoms with E-state index in [0.29, 0.717) is 10.6 Å². The van der Waals surface area contributed by atoms with Crippen LogP contribution in [0.15, 0.2) is 47.5 Å². The number of carbonyl (C=O) groups is 1. The van der Waals surface area contributed by atoms with Crippen LogP contribution in [-0.4, -0.2) is 22.5 Å². The van der Waals surface area contributed by atoms with Crippen molar-refractivity contribution in [1.82, 2.24) is 4.57 Å². The molecule has 3 rings (SSSR count).